The number of carbonyl (C=O) groups is 2. The maximum Gasteiger partial charge on any atom is 0.325 e. The number of esters is 1. The highest BCUT2D eigenvalue weighted by molar-refractivity contribution is 5.80. The molecule has 0 aromatic heterocycles. The van der Waals surface area contributed by atoms with E-state index in [-0.39, 0.29) is 38.5 Å². The molecule has 3 atom stereocenters. The predicted octanol–water partition coefficient (Wildman–Crippen LogP) is 5.83. The lowest BCUT2D eigenvalue weighted by Crippen LogP contribution is -2.41. The molecule has 0 spiro atoms. The Hall–Kier alpha value is -4.94. The molecule has 11 nitrogen and oxygen atoms in total. The average molecular weight is 710 g/mol. The number of urea groups is 1. The van der Waals surface area contributed by atoms with Gasteiger partial charge in [-0.25, -0.2) is 4.79 Å². The Morgan fingerprint density at radius 1 is 0.846 bits per heavy atom. The Morgan fingerprint density at radius 3 is 2.31 bits per heavy atom. The summed E-state index contributed by atoms with van der Waals surface area (Å²) in [6, 6.07) is 27.8. The number of hydrogen-bond donors (Lipinski definition) is 3. The van der Waals surface area contributed by atoms with Gasteiger partial charge >= 0.3 is 12.0 Å². The number of aliphatic hydroxyl groups is 1. The van der Waals surface area contributed by atoms with Gasteiger partial charge in [-0.2, -0.15) is 0 Å². The van der Waals surface area contributed by atoms with E-state index in [2.05, 4.69) is 33.7 Å². The van der Waals surface area contributed by atoms with Crippen LogP contribution in [-0.2, 0) is 45.1 Å². The second-order valence-electron chi connectivity index (χ2n) is 13.0. The van der Waals surface area contributed by atoms with Crippen LogP contribution in [0, 0.1) is 0 Å². The van der Waals surface area contributed by atoms with Crippen LogP contribution in [-0.4, -0.2) is 68.6 Å². The molecule has 6 rings (SSSR count). The monoisotopic (exact) mass is 709 g/mol. The van der Waals surface area contributed by atoms with Crippen molar-refractivity contribution in [3.63, 3.8) is 0 Å². The fourth-order valence-corrected chi connectivity index (χ4v) is 6.75. The summed E-state index contributed by atoms with van der Waals surface area (Å²) in [5, 5.41) is 14.9. The number of amides is 2. The van der Waals surface area contributed by atoms with Crippen molar-refractivity contribution < 1.29 is 38.4 Å². The van der Waals surface area contributed by atoms with E-state index in [4.69, 9.17) is 23.7 Å². The minimum atomic E-state index is -0.601. The Kier molecular flexibility index (Phi) is 12.4. The van der Waals surface area contributed by atoms with Gasteiger partial charge < -0.3 is 39.4 Å². The zero-order valence-corrected chi connectivity index (χ0v) is 29.9. The number of aliphatic hydroxyl groups excluding tert-OH is 1. The second kappa shape index (κ2) is 17.5. The first-order chi connectivity index (χ1) is 25.3. The molecule has 2 aliphatic rings. The van der Waals surface area contributed by atoms with Crippen LogP contribution in [0.2, 0.25) is 0 Å². The van der Waals surface area contributed by atoms with Crippen molar-refractivity contribution in [2.24, 2.45) is 0 Å². The van der Waals surface area contributed by atoms with Crippen LogP contribution in [0.25, 0.3) is 11.1 Å². The van der Waals surface area contributed by atoms with Crippen LogP contribution in [0.1, 0.15) is 59.1 Å². The largest absolute Gasteiger partial charge is 0.493 e. The van der Waals surface area contributed by atoms with Crippen LogP contribution < -0.4 is 20.1 Å². The first-order valence-electron chi connectivity index (χ1n) is 17.7. The summed E-state index contributed by atoms with van der Waals surface area (Å²) in [6.45, 7) is 4.48. The first-order valence-corrected chi connectivity index (χ1v) is 17.7. The number of carbonyl (C=O) groups excluding carboxylic acids is 2. The van der Waals surface area contributed by atoms with Crippen LogP contribution in [0.4, 0.5) is 4.79 Å². The van der Waals surface area contributed by atoms with E-state index in [0.29, 0.717) is 6.42 Å². The molecule has 11 heteroatoms. The topological polar surface area (TPSA) is 128 Å². The molecule has 1 saturated heterocycles. The summed E-state index contributed by atoms with van der Waals surface area (Å²) in [6.07, 6.45) is 0.688. The van der Waals surface area contributed by atoms with E-state index in [0.717, 1.165) is 70.9 Å². The SMILES string of the molecule is CCOC(=O)CNC(=O)NCc1cccc(-c2cccc(C3OC(CN4CCc5cc(OC)c(OC)cc5C4)CC(c4ccc(CO)cc4)O3)c2)c1. The molecule has 4 aromatic carbocycles. The molecule has 2 heterocycles. The third-order valence-electron chi connectivity index (χ3n) is 9.44. The van der Waals surface area contributed by atoms with Gasteiger partial charge in [0.15, 0.2) is 17.8 Å². The molecule has 0 bridgehead atoms. The molecule has 2 amide bonds. The normalized spacial score (nSPS) is 18.6. The molecule has 3 unspecified atom stereocenters. The van der Waals surface area contributed by atoms with Crippen molar-refractivity contribution in [3.05, 3.63) is 118 Å². The van der Waals surface area contributed by atoms with Gasteiger partial charge in [0.2, 0.25) is 0 Å². The smallest absolute Gasteiger partial charge is 0.325 e. The Morgan fingerprint density at radius 2 is 1.58 bits per heavy atom. The van der Waals surface area contributed by atoms with Crippen molar-refractivity contribution in [1.82, 2.24) is 15.5 Å². The predicted molar refractivity (Wildman–Crippen MR) is 196 cm³/mol. The van der Waals surface area contributed by atoms with E-state index in [1.165, 1.54) is 11.1 Å². The van der Waals surface area contributed by atoms with Crippen molar-refractivity contribution in [3.8, 4) is 22.6 Å². The van der Waals surface area contributed by atoms with Gasteiger partial charge in [-0.1, -0.05) is 60.7 Å². The van der Waals surface area contributed by atoms with Gasteiger partial charge in [0.1, 0.15) is 6.54 Å². The Balaban J connectivity index is 1.17. The van der Waals surface area contributed by atoms with Crippen molar-refractivity contribution in [2.75, 3.05) is 40.5 Å². The number of rotatable bonds is 13. The highest BCUT2D eigenvalue weighted by atomic mass is 16.7. The van der Waals surface area contributed by atoms with E-state index in [9.17, 15) is 14.7 Å². The van der Waals surface area contributed by atoms with Gasteiger partial charge in [-0.3, -0.25) is 9.69 Å². The molecule has 52 heavy (non-hydrogen) atoms. The highest BCUT2D eigenvalue weighted by Gasteiger charge is 2.34. The number of methoxy groups -OCH3 is 2. The van der Waals surface area contributed by atoms with Crippen LogP contribution in [0.3, 0.4) is 0 Å². The van der Waals surface area contributed by atoms with Crippen molar-refractivity contribution in [1.29, 1.82) is 0 Å². The molecule has 0 saturated carbocycles. The number of nitrogens with one attached hydrogen (secondary N) is 2. The van der Waals surface area contributed by atoms with Crippen LogP contribution >= 0.6 is 0 Å². The number of fused-ring (bicyclic) bond motifs is 1. The maximum atomic E-state index is 12.2. The third kappa shape index (κ3) is 9.29. The number of ether oxygens (including phenoxy) is 5. The highest BCUT2D eigenvalue weighted by Crippen LogP contribution is 2.40. The summed E-state index contributed by atoms with van der Waals surface area (Å²) in [7, 11) is 3.33. The number of benzene rings is 4. The van der Waals surface area contributed by atoms with Gasteiger partial charge in [0.25, 0.3) is 0 Å². The standard InChI is InChI=1S/C41H47N3O8/c1-4-50-39(46)23-43-41(47)42-22-28-7-5-8-30(17-28)31-9-6-10-33(18-31)40-51-35(21-36(52-40)29-13-11-27(26-45)12-14-29)25-44-16-15-32-19-37(48-2)38(49-3)20-34(32)24-44/h5-14,17-20,35-36,40,45H,4,15-16,21-26H2,1-3H3,(H2,42,43,47). The van der Waals surface area contributed by atoms with Crippen molar-refractivity contribution >= 4 is 12.0 Å². The zero-order valence-electron chi connectivity index (χ0n) is 29.9. The zero-order chi connectivity index (χ0) is 36.5. The van der Waals surface area contributed by atoms with Crippen LogP contribution in [0.5, 0.6) is 11.5 Å². The Labute approximate surface area is 304 Å². The average Bonchev–Trinajstić information content (AvgIpc) is 3.18. The first kappa shape index (κ1) is 36.8. The molecule has 2 aliphatic heterocycles. The lowest BCUT2D eigenvalue weighted by atomic mass is 9.96. The third-order valence-corrected chi connectivity index (χ3v) is 9.44. The van der Waals surface area contributed by atoms with Gasteiger partial charge in [-0.15, -0.1) is 0 Å². The molecule has 0 aliphatic carbocycles. The molecule has 3 N–H and O–H groups in total. The second-order valence-corrected chi connectivity index (χ2v) is 13.0. The van der Waals surface area contributed by atoms with Crippen molar-refractivity contribution in [2.45, 2.75) is 58.0 Å². The minimum absolute atomic E-state index is 0.0139. The lowest BCUT2D eigenvalue weighted by Gasteiger charge is -2.39. The molecule has 0 radical (unpaired) electrons. The Bertz CT molecular complexity index is 1830. The van der Waals surface area contributed by atoms with E-state index in [1.54, 1.807) is 21.1 Å². The lowest BCUT2D eigenvalue weighted by molar-refractivity contribution is -0.253. The fourth-order valence-electron chi connectivity index (χ4n) is 6.75. The molecule has 274 valence electrons. The van der Waals surface area contributed by atoms with Gasteiger partial charge in [0.05, 0.1) is 39.6 Å². The molecule has 1 fully saturated rings. The summed E-state index contributed by atoms with van der Waals surface area (Å²) >= 11 is 0. The molecular formula is C41H47N3O8. The van der Waals surface area contributed by atoms with Crippen LogP contribution in [0.15, 0.2) is 84.9 Å². The van der Waals surface area contributed by atoms with Gasteiger partial charge in [-0.05, 0) is 76.6 Å². The summed E-state index contributed by atoms with van der Waals surface area (Å²) in [5.41, 5.74) is 8.18. The molecular weight excluding hydrogens is 662 g/mol. The summed E-state index contributed by atoms with van der Waals surface area (Å²) in [5.74, 6) is 0.999. The minimum Gasteiger partial charge on any atom is -0.493 e. The summed E-state index contributed by atoms with van der Waals surface area (Å²) in [4.78, 5) is 26.2. The van der Waals surface area contributed by atoms with Gasteiger partial charge in [0, 0.05) is 38.2 Å². The quantitative estimate of drug-likeness (QED) is 0.147. The maximum absolute atomic E-state index is 12.2. The summed E-state index contributed by atoms with van der Waals surface area (Å²) < 4.78 is 29.4. The van der Waals surface area contributed by atoms with E-state index >= 15 is 0 Å². The van der Waals surface area contributed by atoms with E-state index in [1.807, 2.05) is 66.7 Å². The van der Waals surface area contributed by atoms with E-state index < -0.39 is 18.3 Å². The molecule has 4 aromatic rings. The number of hydrogen-bond acceptors (Lipinski definition) is 9. The fraction of sp³-hybridized carbons (Fsp3) is 0.366. The number of nitrogens with zero attached hydrogens (tertiary/aromatic N) is 1.